The maximum Gasteiger partial charge on any atom is 0.131 e. The molecule has 0 aliphatic carbocycles. The van der Waals surface area contributed by atoms with Crippen molar-refractivity contribution in [1.29, 1.82) is 0 Å². The Kier molecular flexibility index (Phi) is 6.40. The molecular formula is C22H25FO2. The predicted molar refractivity (Wildman–Crippen MR) is 103 cm³/mol. The second kappa shape index (κ2) is 8.52. The van der Waals surface area contributed by atoms with E-state index in [0.717, 1.165) is 28.9 Å². The molecule has 0 radical (unpaired) electrons. The lowest BCUT2D eigenvalue weighted by molar-refractivity contribution is 0.314. The van der Waals surface area contributed by atoms with Crippen LogP contribution in [-0.2, 0) is 0 Å². The van der Waals surface area contributed by atoms with Crippen LogP contribution in [0.3, 0.4) is 0 Å². The summed E-state index contributed by atoms with van der Waals surface area (Å²) in [7, 11) is 1.63. The fourth-order valence-electron chi connectivity index (χ4n) is 2.82. The molecule has 0 aliphatic rings. The highest BCUT2D eigenvalue weighted by Gasteiger charge is 2.17. The van der Waals surface area contributed by atoms with E-state index in [-0.39, 0.29) is 5.82 Å². The number of hydrogen-bond acceptors (Lipinski definition) is 2. The molecule has 132 valence electrons. The molecule has 0 heterocycles. The number of methoxy groups -OCH3 is 1. The Morgan fingerprint density at radius 1 is 1.16 bits per heavy atom. The molecule has 2 aromatic rings. The molecule has 0 atom stereocenters. The highest BCUT2D eigenvalue weighted by Crippen LogP contribution is 2.36. The van der Waals surface area contributed by atoms with Crippen LogP contribution in [0.1, 0.15) is 37.0 Å². The Morgan fingerprint density at radius 2 is 1.84 bits per heavy atom. The molecule has 0 amide bonds. The molecule has 0 saturated heterocycles. The number of allylic oxidation sites excluding steroid dienone is 3. The van der Waals surface area contributed by atoms with E-state index in [0.29, 0.717) is 23.5 Å². The van der Waals surface area contributed by atoms with E-state index in [2.05, 4.69) is 6.58 Å². The van der Waals surface area contributed by atoms with Crippen LogP contribution in [0.15, 0.2) is 49.1 Å². The third-order valence-corrected chi connectivity index (χ3v) is 4.14. The Balaban J connectivity index is 2.43. The number of ether oxygens (including phenoxy) is 2. The zero-order chi connectivity index (χ0) is 18.4. The van der Waals surface area contributed by atoms with Crippen LogP contribution in [0.25, 0.3) is 11.1 Å². The zero-order valence-electron chi connectivity index (χ0n) is 15.4. The van der Waals surface area contributed by atoms with Crippen LogP contribution in [0.5, 0.6) is 11.5 Å². The average molecular weight is 340 g/mol. The van der Waals surface area contributed by atoms with Crippen LogP contribution < -0.4 is 9.47 Å². The molecule has 2 rings (SSSR count). The normalized spacial score (nSPS) is 11.3. The lowest BCUT2D eigenvalue weighted by Crippen LogP contribution is -2.02. The van der Waals surface area contributed by atoms with Gasteiger partial charge in [-0.25, -0.2) is 4.39 Å². The van der Waals surface area contributed by atoms with Gasteiger partial charge in [0, 0.05) is 11.1 Å². The first-order valence-electron chi connectivity index (χ1n) is 8.45. The summed E-state index contributed by atoms with van der Waals surface area (Å²) in [6, 6.07) is 10.8. The van der Waals surface area contributed by atoms with E-state index in [1.54, 1.807) is 13.2 Å². The first-order chi connectivity index (χ1) is 12.0. The van der Waals surface area contributed by atoms with Crippen molar-refractivity contribution in [3.8, 4) is 11.5 Å². The molecule has 2 aromatic carbocycles. The lowest BCUT2D eigenvalue weighted by Gasteiger charge is -2.17. The number of rotatable bonds is 7. The van der Waals surface area contributed by atoms with E-state index < -0.39 is 0 Å². The van der Waals surface area contributed by atoms with Crippen molar-refractivity contribution in [2.24, 2.45) is 0 Å². The van der Waals surface area contributed by atoms with Gasteiger partial charge >= 0.3 is 0 Å². The molecule has 0 saturated carbocycles. The Hall–Kier alpha value is -2.55. The zero-order valence-corrected chi connectivity index (χ0v) is 15.4. The molecular weight excluding hydrogens is 315 g/mol. The van der Waals surface area contributed by atoms with E-state index >= 15 is 0 Å². The summed E-state index contributed by atoms with van der Waals surface area (Å²) in [5, 5.41) is 0. The van der Waals surface area contributed by atoms with Crippen molar-refractivity contribution < 1.29 is 13.9 Å². The average Bonchev–Trinajstić information content (AvgIpc) is 2.62. The highest BCUT2D eigenvalue weighted by molar-refractivity contribution is 6.04. The summed E-state index contributed by atoms with van der Waals surface area (Å²) in [5.41, 5.74) is 3.76. The molecule has 0 bridgehead atoms. The summed E-state index contributed by atoms with van der Waals surface area (Å²) in [5.74, 6) is 1.19. The van der Waals surface area contributed by atoms with E-state index in [1.165, 1.54) is 6.07 Å². The van der Waals surface area contributed by atoms with Crippen molar-refractivity contribution >= 4 is 11.1 Å². The van der Waals surface area contributed by atoms with Crippen molar-refractivity contribution in [2.45, 2.75) is 27.2 Å². The van der Waals surface area contributed by atoms with Crippen molar-refractivity contribution in [3.63, 3.8) is 0 Å². The molecule has 2 nitrogen and oxygen atoms in total. The fraction of sp³-hybridized carbons (Fsp3) is 0.273. The third-order valence-electron chi connectivity index (χ3n) is 4.14. The van der Waals surface area contributed by atoms with Gasteiger partial charge in [0.05, 0.1) is 13.7 Å². The Bertz CT molecular complexity index is 773. The lowest BCUT2D eigenvalue weighted by atomic mass is 9.90. The van der Waals surface area contributed by atoms with Gasteiger partial charge in [0.15, 0.2) is 0 Å². The summed E-state index contributed by atoms with van der Waals surface area (Å²) >= 11 is 0. The van der Waals surface area contributed by atoms with E-state index in [4.69, 9.17) is 9.47 Å². The van der Waals surface area contributed by atoms with Crippen LogP contribution in [0, 0.1) is 12.7 Å². The van der Waals surface area contributed by atoms with Gasteiger partial charge < -0.3 is 9.47 Å². The molecule has 0 N–H and O–H groups in total. The van der Waals surface area contributed by atoms with Gasteiger partial charge in [0.25, 0.3) is 0 Å². The molecule has 3 heteroatoms. The summed E-state index contributed by atoms with van der Waals surface area (Å²) < 4.78 is 25.5. The quantitative estimate of drug-likeness (QED) is 0.571. The first-order valence-corrected chi connectivity index (χ1v) is 8.45. The topological polar surface area (TPSA) is 18.5 Å². The van der Waals surface area contributed by atoms with Crippen LogP contribution in [-0.4, -0.2) is 13.7 Å². The standard InChI is InChI=1S/C22H25FO2/c1-6-14-25-21-13-12-20(23)22(16(21)4)15(3)19(7-2)17-8-10-18(24-5)11-9-17/h7-13H,3,6,14H2,1-2,4-5H3. The van der Waals surface area contributed by atoms with Crippen LogP contribution >= 0.6 is 0 Å². The van der Waals surface area contributed by atoms with Crippen molar-refractivity contribution in [2.75, 3.05) is 13.7 Å². The third kappa shape index (κ3) is 4.11. The Morgan fingerprint density at radius 3 is 2.40 bits per heavy atom. The van der Waals surface area contributed by atoms with E-state index in [9.17, 15) is 4.39 Å². The number of halogens is 1. The molecule has 0 aliphatic heterocycles. The largest absolute Gasteiger partial charge is 0.497 e. The second-order valence-corrected chi connectivity index (χ2v) is 5.80. The van der Waals surface area contributed by atoms with Crippen LogP contribution in [0.2, 0.25) is 0 Å². The first kappa shape index (κ1) is 18.8. The number of hydrogen-bond donors (Lipinski definition) is 0. The summed E-state index contributed by atoms with van der Waals surface area (Å²) in [6.45, 7) is 10.6. The minimum absolute atomic E-state index is 0.292. The van der Waals surface area contributed by atoms with Gasteiger partial charge in [-0.1, -0.05) is 31.7 Å². The van der Waals surface area contributed by atoms with Gasteiger partial charge in [-0.05, 0) is 61.2 Å². The summed E-state index contributed by atoms with van der Waals surface area (Å²) in [4.78, 5) is 0. The number of benzene rings is 2. The maximum atomic E-state index is 14.6. The highest BCUT2D eigenvalue weighted by atomic mass is 19.1. The van der Waals surface area contributed by atoms with Crippen molar-refractivity contribution in [1.82, 2.24) is 0 Å². The fourth-order valence-corrected chi connectivity index (χ4v) is 2.82. The van der Waals surface area contributed by atoms with Gasteiger partial charge in [-0.15, -0.1) is 0 Å². The smallest absolute Gasteiger partial charge is 0.131 e. The molecule has 0 fully saturated rings. The molecule has 0 spiro atoms. The molecule has 0 aromatic heterocycles. The minimum atomic E-state index is -0.292. The van der Waals surface area contributed by atoms with Crippen LogP contribution in [0.4, 0.5) is 4.39 Å². The predicted octanol–water partition coefficient (Wildman–Crippen LogP) is 6.05. The molecule has 25 heavy (non-hydrogen) atoms. The van der Waals surface area contributed by atoms with Gasteiger partial charge in [0.1, 0.15) is 17.3 Å². The van der Waals surface area contributed by atoms with Gasteiger partial charge in [-0.2, -0.15) is 0 Å². The Labute approximate surface area is 149 Å². The maximum absolute atomic E-state index is 14.6. The second-order valence-electron chi connectivity index (χ2n) is 5.80. The summed E-state index contributed by atoms with van der Waals surface area (Å²) in [6.07, 6.45) is 2.85. The monoisotopic (exact) mass is 340 g/mol. The SMILES string of the molecule is C=C(C(=CC)c1ccc(OC)cc1)c1c(F)ccc(OCCC)c1C. The van der Waals surface area contributed by atoms with E-state index in [1.807, 2.05) is 51.1 Å². The van der Waals surface area contributed by atoms with Crippen molar-refractivity contribution in [3.05, 3.63) is 71.6 Å². The van der Waals surface area contributed by atoms with Gasteiger partial charge in [0.2, 0.25) is 0 Å². The van der Waals surface area contributed by atoms with Gasteiger partial charge in [-0.3, -0.25) is 0 Å². The minimum Gasteiger partial charge on any atom is -0.497 e. The molecule has 0 unspecified atom stereocenters.